The number of hydrogen-bond donors (Lipinski definition) is 2. The molecule has 18 heavy (non-hydrogen) atoms. The maximum atomic E-state index is 5.74. The number of benzene rings is 1. The van der Waals surface area contributed by atoms with Crippen molar-refractivity contribution in [3.05, 3.63) is 41.7 Å². The fourth-order valence-electron chi connectivity index (χ4n) is 2.19. The second kappa shape index (κ2) is 5.27. The Morgan fingerprint density at radius 1 is 1.28 bits per heavy atom. The number of ether oxygens (including phenoxy) is 1. The standard InChI is InChI=1S/C15H20N2O/c1-10(2)13-6-11(4-5-15(13)18-3)14-9-17-8-12(14)7-16/h4-6,8-10,17H,7,16H2,1-3H3. The minimum atomic E-state index is 0.431. The summed E-state index contributed by atoms with van der Waals surface area (Å²) in [7, 11) is 1.71. The number of methoxy groups -OCH3 is 1. The number of aromatic amines is 1. The Kier molecular flexibility index (Phi) is 3.72. The van der Waals surface area contributed by atoms with E-state index in [0.29, 0.717) is 12.5 Å². The second-order valence-corrected chi connectivity index (χ2v) is 4.71. The van der Waals surface area contributed by atoms with Gasteiger partial charge in [0.1, 0.15) is 5.75 Å². The zero-order chi connectivity index (χ0) is 13.1. The first-order valence-electron chi connectivity index (χ1n) is 6.21. The van der Waals surface area contributed by atoms with Gasteiger partial charge in [0.25, 0.3) is 0 Å². The highest BCUT2D eigenvalue weighted by atomic mass is 16.5. The Bertz CT molecular complexity index is 529. The van der Waals surface area contributed by atoms with Crippen LogP contribution in [0.5, 0.6) is 5.75 Å². The van der Waals surface area contributed by atoms with Gasteiger partial charge in [-0.2, -0.15) is 0 Å². The summed E-state index contributed by atoms with van der Waals surface area (Å²) in [5, 5.41) is 0. The van der Waals surface area contributed by atoms with Crippen molar-refractivity contribution in [2.75, 3.05) is 7.11 Å². The van der Waals surface area contributed by atoms with E-state index in [4.69, 9.17) is 10.5 Å². The van der Waals surface area contributed by atoms with Crippen molar-refractivity contribution in [2.24, 2.45) is 5.73 Å². The van der Waals surface area contributed by atoms with Gasteiger partial charge in [0, 0.05) is 24.5 Å². The number of rotatable bonds is 4. The van der Waals surface area contributed by atoms with Gasteiger partial charge >= 0.3 is 0 Å². The Labute approximate surface area is 108 Å². The van der Waals surface area contributed by atoms with Gasteiger partial charge in [-0.1, -0.05) is 19.9 Å². The molecule has 0 saturated heterocycles. The molecule has 2 aromatic rings. The van der Waals surface area contributed by atoms with E-state index < -0.39 is 0 Å². The van der Waals surface area contributed by atoms with Crippen molar-refractivity contribution in [3.8, 4) is 16.9 Å². The van der Waals surface area contributed by atoms with Crippen molar-refractivity contribution < 1.29 is 4.74 Å². The van der Waals surface area contributed by atoms with Gasteiger partial charge in [0.15, 0.2) is 0 Å². The third-order valence-electron chi connectivity index (χ3n) is 3.21. The topological polar surface area (TPSA) is 51.0 Å². The van der Waals surface area contributed by atoms with Crippen LogP contribution in [0.4, 0.5) is 0 Å². The number of nitrogens with one attached hydrogen (secondary N) is 1. The van der Waals surface area contributed by atoms with Crippen molar-refractivity contribution in [3.63, 3.8) is 0 Å². The Morgan fingerprint density at radius 3 is 2.67 bits per heavy atom. The summed E-state index contributed by atoms with van der Waals surface area (Å²) in [4.78, 5) is 3.11. The third-order valence-corrected chi connectivity index (χ3v) is 3.21. The maximum absolute atomic E-state index is 5.74. The zero-order valence-corrected chi connectivity index (χ0v) is 11.2. The van der Waals surface area contributed by atoms with Crippen LogP contribution in [0.15, 0.2) is 30.6 Å². The average molecular weight is 244 g/mol. The van der Waals surface area contributed by atoms with Crippen LogP contribution >= 0.6 is 0 Å². The largest absolute Gasteiger partial charge is 0.496 e. The maximum Gasteiger partial charge on any atom is 0.122 e. The predicted octanol–water partition coefficient (Wildman–Crippen LogP) is 3.27. The van der Waals surface area contributed by atoms with Crippen molar-refractivity contribution in [1.82, 2.24) is 4.98 Å². The summed E-state index contributed by atoms with van der Waals surface area (Å²) >= 11 is 0. The van der Waals surface area contributed by atoms with Gasteiger partial charge in [0.2, 0.25) is 0 Å². The Morgan fingerprint density at radius 2 is 2.06 bits per heavy atom. The van der Waals surface area contributed by atoms with E-state index in [-0.39, 0.29) is 0 Å². The lowest BCUT2D eigenvalue weighted by Gasteiger charge is -2.13. The Balaban J connectivity index is 2.50. The molecular formula is C15H20N2O. The lowest BCUT2D eigenvalue weighted by molar-refractivity contribution is 0.407. The van der Waals surface area contributed by atoms with Gasteiger partial charge < -0.3 is 15.5 Å². The van der Waals surface area contributed by atoms with Crippen LogP contribution in [0.1, 0.15) is 30.9 Å². The summed E-state index contributed by atoms with van der Waals surface area (Å²) in [6, 6.07) is 6.29. The highest BCUT2D eigenvalue weighted by Gasteiger charge is 2.11. The van der Waals surface area contributed by atoms with E-state index >= 15 is 0 Å². The average Bonchev–Trinajstić information content (AvgIpc) is 2.86. The molecule has 0 aliphatic carbocycles. The lowest BCUT2D eigenvalue weighted by Crippen LogP contribution is -1.98. The fraction of sp³-hybridized carbons (Fsp3) is 0.333. The molecule has 0 unspecified atom stereocenters. The Hall–Kier alpha value is -1.74. The molecular weight excluding hydrogens is 224 g/mol. The van der Waals surface area contributed by atoms with E-state index in [1.807, 2.05) is 18.5 Å². The summed E-state index contributed by atoms with van der Waals surface area (Å²) in [6.45, 7) is 4.88. The SMILES string of the molecule is COc1ccc(-c2c[nH]cc2CN)cc1C(C)C. The minimum absolute atomic E-state index is 0.431. The van der Waals surface area contributed by atoms with Crippen LogP contribution in [-0.4, -0.2) is 12.1 Å². The minimum Gasteiger partial charge on any atom is -0.496 e. The molecule has 0 radical (unpaired) electrons. The number of nitrogens with two attached hydrogens (primary N) is 1. The molecule has 0 aliphatic rings. The number of aromatic nitrogens is 1. The van der Waals surface area contributed by atoms with Gasteiger partial charge in [0.05, 0.1) is 7.11 Å². The molecule has 0 atom stereocenters. The van der Waals surface area contributed by atoms with E-state index in [1.165, 1.54) is 16.7 Å². The first kappa shape index (κ1) is 12.7. The van der Waals surface area contributed by atoms with Gasteiger partial charge in [-0.05, 0) is 34.7 Å². The fourth-order valence-corrected chi connectivity index (χ4v) is 2.19. The van der Waals surface area contributed by atoms with E-state index in [9.17, 15) is 0 Å². The second-order valence-electron chi connectivity index (χ2n) is 4.71. The molecule has 0 spiro atoms. The summed E-state index contributed by atoms with van der Waals surface area (Å²) in [5.41, 5.74) is 10.4. The van der Waals surface area contributed by atoms with E-state index in [0.717, 1.165) is 11.3 Å². The number of hydrogen-bond acceptors (Lipinski definition) is 2. The van der Waals surface area contributed by atoms with Crippen LogP contribution in [0.2, 0.25) is 0 Å². The molecule has 1 aromatic carbocycles. The monoisotopic (exact) mass is 244 g/mol. The molecule has 0 saturated carbocycles. The van der Waals surface area contributed by atoms with Gasteiger partial charge in [-0.3, -0.25) is 0 Å². The normalized spacial score (nSPS) is 10.9. The molecule has 1 heterocycles. The van der Waals surface area contributed by atoms with Crippen LogP contribution < -0.4 is 10.5 Å². The molecule has 0 fully saturated rings. The van der Waals surface area contributed by atoms with Crippen molar-refractivity contribution >= 4 is 0 Å². The first-order chi connectivity index (χ1) is 8.67. The lowest BCUT2D eigenvalue weighted by atomic mass is 9.96. The summed E-state index contributed by atoms with van der Waals surface area (Å²) in [6.07, 6.45) is 3.95. The van der Waals surface area contributed by atoms with Crippen molar-refractivity contribution in [2.45, 2.75) is 26.3 Å². The molecule has 0 amide bonds. The van der Waals surface area contributed by atoms with E-state index in [1.54, 1.807) is 7.11 Å². The first-order valence-corrected chi connectivity index (χ1v) is 6.21. The highest BCUT2D eigenvalue weighted by molar-refractivity contribution is 5.69. The number of H-pyrrole nitrogens is 1. The van der Waals surface area contributed by atoms with Crippen molar-refractivity contribution in [1.29, 1.82) is 0 Å². The smallest absolute Gasteiger partial charge is 0.122 e. The molecule has 3 nitrogen and oxygen atoms in total. The molecule has 3 N–H and O–H groups in total. The predicted molar refractivity (Wildman–Crippen MR) is 74.8 cm³/mol. The molecule has 0 aliphatic heterocycles. The van der Waals surface area contributed by atoms with Gasteiger partial charge in [-0.15, -0.1) is 0 Å². The van der Waals surface area contributed by atoms with Crippen LogP contribution in [0.3, 0.4) is 0 Å². The van der Waals surface area contributed by atoms with Crippen LogP contribution in [0.25, 0.3) is 11.1 Å². The summed E-state index contributed by atoms with van der Waals surface area (Å²) < 4.78 is 5.40. The molecule has 2 rings (SSSR count). The molecule has 0 bridgehead atoms. The van der Waals surface area contributed by atoms with Crippen LogP contribution in [0, 0.1) is 0 Å². The zero-order valence-electron chi connectivity index (χ0n) is 11.2. The van der Waals surface area contributed by atoms with Gasteiger partial charge in [-0.25, -0.2) is 0 Å². The third kappa shape index (κ3) is 2.27. The summed E-state index contributed by atoms with van der Waals surface area (Å²) in [5.74, 6) is 1.37. The molecule has 3 heteroatoms. The van der Waals surface area contributed by atoms with E-state index in [2.05, 4.69) is 31.0 Å². The molecule has 96 valence electrons. The highest BCUT2D eigenvalue weighted by Crippen LogP contribution is 2.32. The quantitative estimate of drug-likeness (QED) is 0.867. The molecule has 1 aromatic heterocycles. The van der Waals surface area contributed by atoms with Crippen LogP contribution in [-0.2, 0) is 6.54 Å².